The van der Waals surface area contributed by atoms with Crippen LogP contribution in [0, 0.1) is 0 Å². The smallest absolute Gasteiger partial charge is 0.223 e. The zero-order valence-electron chi connectivity index (χ0n) is 14.9. The predicted octanol–water partition coefficient (Wildman–Crippen LogP) is 3.97. The number of carbonyl (C=O) groups is 1. The lowest BCUT2D eigenvalue weighted by Crippen LogP contribution is -2.35. The Kier molecular flexibility index (Phi) is 7.73. The van der Waals surface area contributed by atoms with Gasteiger partial charge in [-0.2, -0.15) is 0 Å². The van der Waals surface area contributed by atoms with Gasteiger partial charge in [0, 0.05) is 49.9 Å². The molecule has 0 N–H and O–H groups in total. The van der Waals surface area contributed by atoms with E-state index in [4.69, 9.17) is 0 Å². The Morgan fingerprint density at radius 1 is 1.19 bits per heavy atom. The van der Waals surface area contributed by atoms with Crippen molar-refractivity contribution in [3.05, 3.63) is 57.9 Å². The minimum Gasteiger partial charge on any atom is -0.341 e. The number of thioether (sulfide) groups is 1. The average molecular weight is 388 g/mol. The van der Waals surface area contributed by atoms with Crippen molar-refractivity contribution in [1.29, 1.82) is 0 Å². The van der Waals surface area contributed by atoms with Crippen molar-refractivity contribution >= 4 is 35.1 Å². The molecule has 0 unspecified atom stereocenters. The normalized spacial score (nSPS) is 16.1. The summed E-state index contributed by atoms with van der Waals surface area (Å²) in [5.41, 5.74) is 1.19. The third kappa shape index (κ3) is 6.27. The van der Waals surface area contributed by atoms with Crippen molar-refractivity contribution in [2.75, 3.05) is 31.9 Å². The Labute approximate surface area is 163 Å². The summed E-state index contributed by atoms with van der Waals surface area (Å²) in [5.74, 6) is 1.11. The van der Waals surface area contributed by atoms with Gasteiger partial charge in [-0.3, -0.25) is 9.69 Å². The van der Waals surface area contributed by atoms with Crippen molar-refractivity contribution in [3.8, 4) is 0 Å². The topological polar surface area (TPSA) is 36.4 Å². The number of thiazole rings is 1. The zero-order chi connectivity index (χ0) is 18.0. The first-order valence-corrected chi connectivity index (χ1v) is 11.0. The maximum atomic E-state index is 12.5. The van der Waals surface area contributed by atoms with E-state index in [2.05, 4.69) is 33.5 Å². The highest BCUT2D eigenvalue weighted by Gasteiger charge is 2.19. The summed E-state index contributed by atoms with van der Waals surface area (Å²) in [6.07, 6.45) is 5.60. The van der Waals surface area contributed by atoms with E-state index < -0.39 is 0 Å². The second kappa shape index (κ2) is 10.5. The second-order valence-electron chi connectivity index (χ2n) is 6.27. The second-order valence-corrected chi connectivity index (χ2v) is 8.26. The first kappa shape index (κ1) is 19.1. The quantitative estimate of drug-likeness (QED) is 0.674. The molecule has 4 nitrogen and oxygen atoms in total. The van der Waals surface area contributed by atoms with Crippen LogP contribution in [0.5, 0.6) is 0 Å². The summed E-state index contributed by atoms with van der Waals surface area (Å²) < 4.78 is 0. The van der Waals surface area contributed by atoms with E-state index in [1.807, 2.05) is 34.7 Å². The van der Waals surface area contributed by atoms with Crippen LogP contribution in [0.15, 0.2) is 47.3 Å². The first-order valence-electron chi connectivity index (χ1n) is 9.03. The molecule has 1 aliphatic rings. The Balaban J connectivity index is 1.36. The number of hydrogen-bond donors (Lipinski definition) is 0. The highest BCUT2D eigenvalue weighted by molar-refractivity contribution is 8.02. The van der Waals surface area contributed by atoms with Crippen LogP contribution in [-0.2, 0) is 11.3 Å². The van der Waals surface area contributed by atoms with E-state index in [-0.39, 0.29) is 5.91 Å². The van der Waals surface area contributed by atoms with Crippen molar-refractivity contribution in [2.24, 2.45) is 0 Å². The Morgan fingerprint density at radius 3 is 2.88 bits per heavy atom. The predicted molar refractivity (Wildman–Crippen MR) is 111 cm³/mol. The van der Waals surface area contributed by atoms with Gasteiger partial charge < -0.3 is 4.90 Å². The molecule has 1 fully saturated rings. The summed E-state index contributed by atoms with van der Waals surface area (Å²) in [4.78, 5) is 21.3. The molecule has 3 rings (SSSR count). The van der Waals surface area contributed by atoms with E-state index in [1.54, 1.807) is 23.1 Å². The van der Waals surface area contributed by atoms with Gasteiger partial charge in [0.2, 0.25) is 5.91 Å². The number of nitrogens with zero attached hydrogens (tertiary/aromatic N) is 3. The molecule has 1 aliphatic heterocycles. The van der Waals surface area contributed by atoms with Gasteiger partial charge in [-0.15, -0.1) is 23.1 Å². The lowest BCUT2D eigenvalue weighted by atomic mass is 10.2. The van der Waals surface area contributed by atoms with Crippen LogP contribution in [-0.4, -0.2) is 52.6 Å². The van der Waals surface area contributed by atoms with Gasteiger partial charge in [-0.05, 0) is 23.5 Å². The number of aromatic nitrogens is 1. The molecule has 2 heterocycles. The van der Waals surface area contributed by atoms with Crippen molar-refractivity contribution < 1.29 is 4.79 Å². The summed E-state index contributed by atoms with van der Waals surface area (Å²) in [6, 6.07) is 10.2. The summed E-state index contributed by atoms with van der Waals surface area (Å²) in [5, 5.41) is 5.26. The minimum atomic E-state index is 0.279. The molecular formula is C20H25N3OS2. The molecule has 6 heteroatoms. The van der Waals surface area contributed by atoms with Crippen molar-refractivity contribution in [3.63, 3.8) is 0 Å². The van der Waals surface area contributed by atoms with Gasteiger partial charge in [-0.1, -0.05) is 30.3 Å². The Bertz CT molecular complexity index is 688. The van der Waals surface area contributed by atoms with Crippen LogP contribution in [0.1, 0.15) is 23.4 Å². The van der Waals surface area contributed by atoms with Crippen LogP contribution >= 0.6 is 23.1 Å². The molecule has 138 valence electrons. The molecule has 0 atom stereocenters. The zero-order valence-corrected chi connectivity index (χ0v) is 16.6. The van der Waals surface area contributed by atoms with Crippen LogP contribution in [0.3, 0.4) is 0 Å². The van der Waals surface area contributed by atoms with Crippen molar-refractivity contribution in [1.82, 2.24) is 14.8 Å². The molecule has 26 heavy (non-hydrogen) atoms. The van der Waals surface area contributed by atoms with Crippen molar-refractivity contribution in [2.45, 2.75) is 19.4 Å². The summed E-state index contributed by atoms with van der Waals surface area (Å²) >= 11 is 3.41. The van der Waals surface area contributed by atoms with Crippen LogP contribution in [0.25, 0.3) is 6.08 Å². The van der Waals surface area contributed by atoms with Crippen LogP contribution in [0.2, 0.25) is 0 Å². The van der Waals surface area contributed by atoms with E-state index in [9.17, 15) is 4.79 Å². The monoisotopic (exact) mass is 387 g/mol. The molecule has 2 aromatic rings. The lowest BCUT2D eigenvalue weighted by Gasteiger charge is -2.21. The first-order chi connectivity index (χ1) is 12.8. The van der Waals surface area contributed by atoms with Gasteiger partial charge >= 0.3 is 0 Å². The van der Waals surface area contributed by atoms with Gasteiger partial charge in [0.1, 0.15) is 5.01 Å². The maximum absolute atomic E-state index is 12.5. The minimum absolute atomic E-state index is 0.279. The lowest BCUT2D eigenvalue weighted by molar-refractivity contribution is -0.130. The fraction of sp³-hybridized carbons (Fsp3) is 0.400. The molecule has 0 aliphatic carbocycles. The number of hydrogen-bond acceptors (Lipinski definition) is 5. The SMILES string of the molecule is O=C(CCS/C=C\c1ccccc1)N1CCCN(Cc2nccs2)CC1. The average Bonchev–Trinajstić information content (AvgIpc) is 3.06. The molecule has 0 saturated carbocycles. The van der Waals surface area contributed by atoms with E-state index >= 15 is 0 Å². The van der Waals surface area contributed by atoms with Crippen LogP contribution in [0.4, 0.5) is 0 Å². The van der Waals surface area contributed by atoms with Gasteiger partial charge in [-0.25, -0.2) is 4.98 Å². The highest BCUT2D eigenvalue weighted by atomic mass is 32.2. The Hall–Kier alpha value is -1.63. The number of benzene rings is 1. The summed E-state index contributed by atoms with van der Waals surface area (Å²) in [6.45, 7) is 4.58. The largest absolute Gasteiger partial charge is 0.341 e. The Morgan fingerprint density at radius 2 is 2.08 bits per heavy atom. The molecule has 1 aromatic heterocycles. The van der Waals surface area contributed by atoms with Gasteiger partial charge in [0.25, 0.3) is 0 Å². The molecule has 0 bridgehead atoms. The van der Waals surface area contributed by atoms with E-state index in [0.717, 1.165) is 49.9 Å². The number of rotatable bonds is 7. The fourth-order valence-corrected chi connectivity index (χ4v) is 4.30. The molecule has 1 amide bonds. The molecule has 1 saturated heterocycles. The molecule has 0 radical (unpaired) electrons. The van der Waals surface area contributed by atoms with Crippen LogP contribution < -0.4 is 0 Å². The maximum Gasteiger partial charge on any atom is 0.223 e. The van der Waals surface area contributed by atoms with Gasteiger partial charge in [0.15, 0.2) is 0 Å². The molecule has 0 spiro atoms. The number of carbonyl (C=O) groups excluding carboxylic acids is 1. The third-order valence-corrected chi connectivity index (χ3v) is 5.91. The van der Waals surface area contributed by atoms with E-state index in [1.165, 1.54) is 5.56 Å². The standard InChI is InChI=1S/C20H25N3OS2/c24-20(8-15-25-14-7-18-5-2-1-3-6-18)23-11-4-10-22(12-13-23)17-19-21-9-16-26-19/h1-3,5-7,9,14,16H,4,8,10-13,15,17H2/b14-7-. The fourth-order valence-electron chi connectivity index (χ4n) is 2.96. The molecular weight excluding hydrogens is 362 g/mol. The summed E-state index contributed by atoms with van der Waals surface area (Å²) in [7, 11) is 0. The highest BCUT2D eigenvalue weighted by Crippen LogP contribution is 2.13. The molecule has 1 aromatic carbocycles. The third-order valence-electron chi connectivity index (χ3n) is 4.37. The van der Waals surface area contributed by atoms with Gasteiger partial charge in [0.05, 0.1) is 6.54 Å². The number of amides is 1. The van der Waals surface area contributed by atoms with E-state index in [0.29, 0.717) is 6.42 Å².